The molecule has 21 heavy (non-hydrogen) atoms. The number of carbonyl (C=O) groups is 2. The first-order valence-electron chi connectivity index (χ1n) is 7.47. The number of amides is 1. The van der Waals surface area contributed by atoms with Crippen molar-refractivity contribution >= 4 is 23.3 Å². The quantitative estimate of drug-likeness (QED) is 0.861. The van der Waals surface area contributed by atoms with Gasteiger partial charge in [0.15, 0.2) is 0 Å². The number of aliphatic imine (C=N–C) groups is 1. The minimum Gasteiger partial charge on any atom is -0.326 e. The van der Waals surface area contributed by atoms with Crippen molar-refractivity contribution in [1.29, 1.82) is 0 Å². The number of anilines is 1. The Bertz CT molecular complexity index is 622. The van der Waals surface area contributed by atoms with Crippen molar-refractivity contribution in [2.45, 2.75) is 32.6 Å². The molecule has 1 heterocycles. The number of carbonyl (C=O) groups excluding carboxylic acids is 2. The highest BCUT2D eigenvalue weighted by Crippen LogP contribution is 2.29. The monoisotopic (exact) mass is 285 g/mol. The second-order valence-electron chi connectivity index (χ2n) is 5.36. The second kappa shape index (κ2) is 5.68. The molecule has 0 spiro atoms. The maximum Gasteiger partial charge on any atom is 0.296 e. The van der Waals surface area contributed by atoms with Crippen molar-refractivity contribution in [2.24, 2.45) is 4.99 Å². The molecule has 0 radical (unpaired) electrons. The molecule has 3 rings (SSSR count). The van der Waals surface area contributed by atoms with Gasteiger partial charge in [-0.3, -0.25) is 19.5 Å². The van der Waals surface area contributed by atoms with E-state index in [1.165, 1.54) is 16.0 Å². The van der Waals surface area contributed by atoms with Crippen molar-refractivity contribution in [1.82, 2.24) is 4.90 Å². The fourth-order valence-electron chi connectivity index (χ4n) is 2.91. The third kappa shape index (κ3) is 2.55. The molecule has 0 atom stereocenters. The number of ketones is 1. The number of benzene rings is 1. The van der Waals surface area contributed by atoms with E-state index in [9.17, 15) is 9.59 Å². The van der Waals surface area contributed by atoms with Crippen molar-refractivity contribution in [3.8, 4) is 0 Å². The topological polar surface area (TPSA) is 61.8 Å². The van der Waals surface area contributed by atoms with Gasteiger partial charge in [0.2, 0.25) is 11.7 Å². The summed E-state index contributed by atoms with van der Waals surface area (Å²) in [5, 5.41) is 3.25. The van der Waals surface area contributed by atoms with Crippen LogP contribution in [-0.2, 0) is 22.4 Å². The summed E-state index contributed by atoms with van der Waals surface area (Å²) in [6.45, 7) is 2.71. The first-order chi connectivity index (χ1) is 10.2. The van der Waals surface area contributed by atoms with Gasteiger partial charge in [0, 0.05) is 18.7 Å². The largest absolute Gasteiger partial charge is 0.326 e. The molecule has 1 aliphatic carbocycles. The Morgan fingerprint density at radius 1 is 1.33 bits per heavy atom. The van der Waals surface area contributed by atoms with Crippen molar-refractivity contribution in [3.63, 3.8) is 0 Å². The number of nitrogens with one attached hydrogen (secondary N) is 1. The lowest BCUT2D eigenvalue weighted by molar-refractivity contribution is -0.141. The molecule has 0 aromatic heterocycles. The van der Waals surface area contributed by atoms with E-state index in [4.69, 9.17) is 0 Å². The third-order valence-electron chi connectivity index (χ3n) is 4.04. The normalized spacial score (nSPS) is 16.6. The van der Waals surface area contributed by atoms with E-state index in [1.54, 1.807) is 6.92 Å². The highest BCUT2D eigenvalue weighted by atomic mass is 16.2. The molecule has 2 aliphatic rings. The van der Waals surface area contributed by atoms with E-state index in [0.717, 1.165) is 24.9 Å². The van der Waals surface area contributed by atoms with Gasteiger partial charge in [-0.1, -0.05) is 19.1 Å². The summed E-state index contributed by atoms with van der Waals surface area (Å²) in [7, 11) is 0. The maximum absolute atomic E-state index is 12.1. The molecule has 0 saturated heterocycles. The summed E-state index contributed by atoms with van der Waals surface area (Å²) in [5.74, 6) is -0.333. The standard InChI is InChI=1S/C16H19N3O2/c1-2-14(20)15(21)19-10-9-17-16(19)18-13-8-4-6-11-5-3-7-12(11)13/h4,6,8H,2-3,5,7,9-10H2,1H3,(H,17,18). The number of rotatable bonds is 3. The SMILES string of the molecule is CCC(=O)C(=O)N1CCN=C1Nc1cccc2c1CCC2. The van der Waals surface area contributed by atoms with E-state index < -0.39 is 5.91 Å². The van der Waals surface area contributed by atoms with Gasteiger partial charge in [0.1, 0.15) is 0 Å². The lowest BCUT2D eigenvalue weighted by Crippen LogP contribution is -2.42. The van der Waals surface area contributed by atoms with Crippen molar-refractivity contribution in [2.75, 3.05) is 18.4 Å². The second-order valence-corrected chi connectivity index (χ2v) is 5.36. The molecule has 1 amide bonds. The molecule has 1 N–H and O–H groups in total. The lowest BCUT2D eigenvalue weighted by Gasteiger charge is -2.19. The van der Waals surface area contributed by atoms with Gasteiger partial charge in [0.05, 0.1) is 6.54 Å². The third-order valence-corrected chi connectivity index (χ3v) is 4.04. The number of hydrogen-bond donors (Lipinski definition) is 1. The van der Waals surface area contributed by atoms with Crippen LogP contribution in [0.15, 0.2) is 23.2 Å². The van der Waals surface area contributed by atoms with Gasteiger partial charge in [0.25, 0.3) is 5.91 Å². The highest BCUT2D eigenvalue weighted by molar-refractivity contribution is 6.39. The molecule has 0 unspecified atom stereocenters. The molecule has 0 fully saturated rings. The van der Waals surface area contributed by atoms with E-state index >= 15 is 0 Å². The van der Waals surface area contributed by atoms with Crippen LogP contribution in [0.1, 0.15) is 30.9 Å². The number of aryl methyl sites for hydroxylation is 1. The van der Waals surface area contributed by atoms with Crippen LogP contribution in [-0.4, -0.2) is 35.6 Å². The van der Waals surface area contributed by atoms with Gasteiger partial charge in [-0.25, -0.2) is 0 Å². The minimum atomic E-state index is -0.464. The van der Waals surface area contributed by atoms with Crippen molar-refractivity contribution < 1.29 is 9.59 Å². The molecular formula is C16H19N3O2. The van der Waals surface area contributed by atoms with Crippen LogP contribution in [0, 0.1) is 0 Å². The van der Waals surface area contributed by atoms with E-state index in [1.807, 2.05) is 12.1 Å². The number of fused-ring (bicyclic) bond motifs is 1. The average molecular weight is 285 g/mol. The van der Waals surface area contributed by atoms with Crippen LogP contribution in [0.25, 0.3) is 0 Å². The molecular weight excluding hydrogens is 266 g/mol. The maximum atomic E-state index is 12.1. The average Bonchev–Trinajstić information content (AvgIpc) is 3.14. The van der Waals surface area contributed by atoms with Gasteiger partial charge >= 0.3 is 0 Å². The summed E-state index contributed by atoms with van der Waals surface area (Å²) in [6, 6.07) is 6.17. The smallest absolute Gasteiger partial charge is 0.296 e. The first kappa shape index (κ1) is 13.8. The van der Waals surface area contributed by atoms with Crippen molar-refractivity contribution in [3.05, 3.63) is 29.3 Å². The lowest BCUT2D eigenvalue weighted by atomic mass is 10.1. The predicted molar refractivity (Wildman–Crippen MR) is 81.4 cm³/mol. The number of guanidine groups is 1. The molecule has 5 heteroatoms. The Morgan fingerprint density at radius 3 is 3.00 bits per heavy atom. The Kier molecular flexibility index (Phi) is 3.73. The van der Waals surface area contributed by atoms with Crippen LogP contribution in [0.2, 0.25) is 0 Å². The zero-order valence-corrected chi connectivity index (χ0v) is 12.2. The minimum absolute atomic E-state index is 0.226. The fourth-order valence-corrected chi connectivity index (χ4v) is 2.91. The Labute approximate surface area is 124 Å². The zero-order chi connectivity index (χ0) is 14.8. The molecule has 1 aromatic carbocycles. The molecule has 1 aromatic rings. The van der Waals surface area contributed by atoms with Gasteiger partial charge in [-0.15, -0.1) is 0 Å². The molecule has 0 saturated carbocycles. The summed E-state index contributed by atoms with van der Waals surface area (Å²) < 4.78 is 0. The number of nitrogens with zero attached hydrogens (tertiary/aromatic N) is 2. The molecule has 1 aliphatic heterocycles. The van der Waals surface area contributed by atoms with E-state index in [2.05, 4.69) is 16.4 Å². The highest BCUT2D eigenvalue weighted by Gasteiger charge is 2.28. The van der Waals surface area contributed by atoms with Crippen LogP contribution in [0.3, 0.4) is 0 Å². The fraction of sp³-hybridized carbons (Fsp3) is 0.438. The molecule has 110 valence electrons. The number of Topliss-reactive ketones (excluding diaryl/α,β-unsaturated/α-hetero) is 1. The summed E-state index contributed by atoms with van der Waals surface area (Å²) >= 11 is 0. The van der Waals surface area contributed by atoms with Crippen LogP contribution >= 0.6 is 0 Å². The molecule has 0 bridgehead atoms. The van der Waals surface area contributed by atoms with Crippen LogP contribution in [0.4, 0.5) is 5.69 Å². The Morgan fingerprint density at radius 2 is 2.19 bits per heavy atom. The summed E-state index contributed by atoms with van der Waals surface area (Å²) in [4.78, 5) is 29.5. The van der Waals surface area contributed by atoms with Gasteiger partial charge in [-0.2, -0.15) is 0 Å². The van der Waals surface area contributed by atoms with Gasteiger partial charge < -0.3 is 5.32 Å². The van der Waals surface area contributed by atoms with Crippen LogP contribution < -0.4 is 5.32 Å². The van der Waals surface area contributed by atoms with E-state index in [0.29, 0.717) is 19.0 Å². The number of hydrogen-bond acceptors (Lipinski definition) is 4. The van der Waals surface area contributed by atoms with E-state index in [-0.39, 0.29) is 12.2 Å². The summed E-state index contributed by atoms with van der Waals surface area (Å²) in [6.07, 6.45) is 3.54. The Balaban J connectivity index is 1.80. The Hall–Kier alpha value is -2.17. The van der Waals surface area contributed by atoms with Crippen LogP contribution in [0.5, 0.6) is 0 Å². The zero-order valence-electron chi connectivity index (χ0n) is 12.2. The van der Waals surface area contributed by atoms with Gasteiger partial charge in [-0.05, 0) is 36.5 Å². The summed E-state index contributed by atoms with van der Waals surface area (Å²) in [5.41, 5.74) is 3.68. The predicted octanol–water partition coefficient (Wildman–Crippen LogP) is 1.76. The first-order valence-corrected chi connectivity index (χ1v) is 7.47. The molecule has 5 nitrogen and oxygen atoms in total.